The summed E-state index contributed by atoms with van der Waals surface area (Å²) in [4.78, 5) is 38.3. The summed E-state index contributed by atoms with van der Waals surface area (Å²) in [5, 5.41) is 0. The lowest BCUT2D eigenvalue weighted by Crippen LogP contribution is -2.30. The Morgan fingerprint density at radius 1 is 0.253 bits per heavy atom. The van der Waals surface area contributed by atoms with Gasteiger partial charge in [0, 0.05) is 19.3 Å². The molecule has 0 aliphatic carbocycles. The summed E-state index contributed by atoms with van der Waals surface area (Å²) in [6, 6.07) is 0. The first-order valence-corrected chi connectivity index (χ1v) is 31.6. The minimum atomic E-state index is -0.822. The molecule has 0 fully saturated rings. The number of carbonyl (C=O) groups is 3. The standard InChI is InChI=1S/C73H114O6/c1-4-7-10-13-16-19-22-25-28-30-32-34-36-38-40-42-45-48-51-54-57-60-63-66-72(75)78-69-70(68-77-71(74)65-62-59-56-53-50-47-44-27-24-21-18-15-12-9-6-3)79-73(76)67-64-61-58-55-52-49-46-43-41-39-37-35-33-31-29-26-23-20-17-14-11-8-5-2/h7-12,16-21,25-29,32-35,38,40,44-45,48,54,57,70H,4-6,13-15,22-24,30-31,36-37,39,41-43,46-47,49-53,55-56,58-69H2,1-3H3/b10-7-,11-8-,12-9-,19-16-,20-17-,21-18-,28-25-,29-26-,34-32-,35-33-,40-38-,44-27-,48-45-,57-54-. The third-order valence-electron chi connectivity index (χ3n) is 12.7. The smallest absolute Gasteiger partial charge is 0.306 e. The lowest BCUT2D eigenvalue weighted by Gasteiger charge is -2.18. The Labute approximate surface area is 485 Å². The van der Waals surface area contributed by atoms with Crippen molar-refractivity contribution in [3.63, 3.8) is 0 Å². The van der Waals surface area contributed by atoms with Crippen LogP contribution in [0.15, 0.2) is 170 Å². The van der Waals surface area contributed by atoms with E-state index in [1.807, 2.05) is 0 Å². The molecule has 0 amide bonds. The van der Waals surface area contributed by atoms with Crippen molar-refractivity contribution in [1.29, 1.82) is 0 Å². The lowest BCUT2D eigenvalue weighted by molar-refractivity contribution is -0.167. The van der Waals surface area contributed by atoms with E-state index in [1.165, 1.54) is 51.4 Å². The van der Waals surface area contributed by atoms with Gasteiger partial charge in [-0.3, -0.25) is 14.4 Å². The Morgan fingerprint density at radius 3 is 0.759 bits per heavy atom. The third kappa shape index (κ3) is 63.5. The van der Waals surface area contributed by atoms with Crippen LogP contribution >= 0.6 is 0 Å². The lowest BCUT2D eigenvalue weighted by atomic mass is 10.0. The van der Waals surface area contributed by atoms with Gasteiger partial charge < -0.3 is 14.2 Å². The summed E-state index contributed by atoms with van der Waals surface area (Å²) < 4.78 is 16.9. The van der Waals surface area contributed by atoms with Crippen LogP contribution in [0, 0.1) is 0 Å². The molecule has 0 radical (unpaired) electrons. The SMILES string of the molecule is CC/C=C\C/C=C\C/C=C\C/C=C\C/C=C\C/C=C\C/C=C\CCCC(=O)OCC(COC(=O)CCCCCCC/C=C\C/C=C\C/C=C\CC)OC(=O)CCCCCCCCCCCC/C=C\C/C=C\C/C=C\C/C=C\CC. The number of hydrogen-bond acceptors (Lipinski definition) is 6. The summed E-state index contributed by atoms with van der Waals surface area (Å²) in [6.07, 6.45) is 96.4. The molecule has 1 atom stereocenters. The fourth-order valence-corrected chi connectivity index (χ4v) is 8.08. The van der Waals surface area contributed by atoms with Crippen molar-refractivity contribution >= 4 is 17.9 Å². The topological polar surface area (TPSA) is 78.9 Å². The molecule has 0 aromatic heterocycles. The van der Waals surface area contributed by atoms with E-state index >= 15 is 0 Å². The maximum absolute atomic E-state index is 12.9. The van der Waals surface area contributed by atoms with Crippen molar-refractivity contribution in [2.45, 2.75) is 258 Å². The molecule has 0 N–H and O–H groups in total. The van der Waals surface area contributed by atoms with Crippen molar-refractivity contribution in [1.82, 2.24) is 0 Å². The van der Waals surface area contributed by atoms with Gasteiger partial charge in [0.2, 0.25) is 0 Å². The van der Waals surface area contributed by atoms with Crippen LogP contribution < -0.4 is 0 Å². The molecule has 0 saturated heterocycles. The molecular weight excluding hydrogens is 973 g/mol. The molecule has 0 aromatic carbocycles. The molecule has 0 aliphatic rings. The molecule has 6 heteroatoms. The van der Waals surface area contributed by atoms with Gasteiger partial charge in [0.1, 0.15) is 13.2 Å². The number of esters is 3. The first-order chi connectivity index (χ1) is 39.0. The van der Waals surface area contributed by atoms with Crippen LogP contribution in [0.2, 0.25) is 0 Å². The Kier molecular flexibility index (Phi) is 61.0. The second-order valence-corrected chi connectivity index (χ2v) is 20.2. The van der Waals surface area contributed by atoms with Crippen molar-refractivity contribution < 1.29 is 28.6 Å². The van der Waals surface area contributed by atoms with Crippen LogP contribution in [0.3, 0.4) is 0 Å². The average Bonchev–Trinajstić information content (AvgIpc) is 3.45. The van der Waals surface area contributed by atoms with E-state index in [1.54, 1.807) is 0 Å². The molecule has 0 aliphatic heterocycles. The van der Waals surface area contributed by atoms with Gasteiger partial charge in [-0.1, -0.05) is 262 Å². The summed E-state index contributed by atoms with van der Waals surface area (Å²) in [7, 11) is 0. The molecule has 0 saturated carbocycles. The van der Waals surface area contributed by atoms with E-state index in [2.05, 4.69) is 191 Å². The van der Waals surface area contributed by atoms with Crippen molar-refractivity contribution in [3.8, 4) is 0 Å². The Bertz CT molecular complexity index is 1820. The molecule has 6 nitrogen and oxygen atoms in total. The maximum atomic E-state index is 12.9. The Hall–Kier alpha value is -5.23. The van der Waals surface area contributed by atoms with Crippen molar-refractivity contribution in [2.24, 2.45) is 0 Å². The second-order valence-electron chi connectivity index (χ2n) is 20.2. The van der Waals surface area contributed by atoms with Gasteiger partial charge in [-0.05, 0) is 141 Å². The average molecular weight is 1090 g/mol. The largest absolute Gasteiger partial charge is 0.462 e. The predicted molar refractivity (Wildman–Crippen MR) is 343 cm³/mol. The zero-order chi connectivity index (χ0) is 57.1. The quantitative estimate of drug-likeness (QED) is 0.0261. The molecule has 0 aromatic rings. The number of hydrogen-bond donors (Lipinski definition) is 0. The van der Waals surface area contributed by atoms with Crippen molar-refractivity contribution in [3.05, 3.63) is 170 Å². The highest BCUT2D eigenvalue weighted by atomic mass is 16.6. The van der Waals surface area contributed by atoms with Gasteiger partial charge in [-0.15, -0.1) is 0 Å². The van der Waals surface area contributed by atoms with Gasteiger partial charge in [-0.25, -0.2) is 0 Å². The highest BCUT2D eigenvalue weighted by molar-refractivity contribution is 5.71. The highest BCUT2D eigenvalue weighted by Gasteiger charge is 2.19. The molecule has 0 spiro atoms. The van der Waals surface area contributed by atoms with E-state index in [-0.39, 0.29) is 37.5 Å². The van der Waals surface area contributed by atoms with Gasteiger partial charge in [0.15, 0.2) is 6.10 Å². The van der Waals surface area contributed by atoms with Gasteiger partial charge in [0.05, 0.1) is 0 Å². The van der Waals surface area contributed by atoms with E-state index < -0.39 is 6.10 Å². The third-order valence-corrected chi connectivity index (χ3v) is 12.7. The Morgan fingerprint density at radius 2 is 0.468 bits per heavy atom. The first-order valence-electron chi connectivity index (χ1n) is 31.6. The van der Waals surface area contributed by atoms with E-state index in [0.717, 1.165) is 154 Å². The number of ether oxygens (including phenoxy) is 3. The van der Waals surface area contributed by atoms with Gasteiger partial charge in [0.25, 0.3) is 0 Å². The van der Waals surface area contributed by atoms with Gasteiger partial charge in [-0.2, -0.15) is 0 Å². The monoisotopic (exact) mass is 1090 g/mol. The molecule has 79 heavy (non-hydrogen) atoms. The van der Waals surface area contributed by atoms with Crippen LogP contribution in [0.5, 0.6) is 0 Å². The van der Waals surface area contributed by atoms with E-state index in [9.17, 15) is 14.4 Å². The summed E-state index contributed by atoms with van der Waals surface area (Å²) in [6.45, 7) is 6.23. The minimum absolute atomic E-state index is 0.114. The predicted octanol–water partition coefficient (Wildman–Crippen LogP) is 21.9. The van der Waals surface area contributed by atoms with Crippen molar-refractivity contribution in [2.75, 3.05) is 13.2 Å². The maximum Gasteiger partial charge on any atom is 0.306 e. The number of allylic oxidation sites excluding steroid dienone is 28. The number of rotatable bonds is 55. The fraction of sp³-hybridized carbons (Fsp3) is 0.575. The Balaban J connectivity index is 4.52. The first kappa shape index (κ1) is 73.8. The summed E-state index contributed by atoms with van der Waals surface area (Å²) >= 11 is 0. The molecule has 0 bridgehead atoms. The van der Waals surface area contributed by atoms with Gasteiger partial charge >= 0.3 is 17.9 Å². The van der Waals surface area contributed by atoms with Crippen LogP contribution in [-0.2, 0) is 28.6 Å². The molecule has 1 unspecified atom stereocenters. The normalized spacial score (nSPS) is 13.3. The minimum Gasteiger partial charge on any atom is -0.462 e. The molecule has 0 rings (SSSR count). The molecular formula is C73H114O6. The van der Waals surface area contributed by atoms with Crippen LogP contribution in [0.4, 0.5) is 0 Å². The molecule has 442 valence electrons. The number of unbranched alkanes of at least 4 members (excludes halogenated alkanes) is 16. The highest BCUT2D eigenvalue weighted by Crippen LogP contribution is 2.14. The number of carbonyl (C=O) groups excluding carboxylic acids is 3. The molecule has 0 heterocycles. The second kappa shape index (κ2) is 65.3. The van der Waals surface area contributed by atoms with Crippen LogP contribution in [0.25, 0.3) is 0 Å². The fourth-order valence-electron chi connectivity index (χ4n) is 8.08. The van der Waals surface area contributed by atoms with E-state index in [0.29, 0.717) is 19.3 Å². The summed E-state index contributed by atoms with van der Waals surface area (Å²) in [5.74, 6) is -1.00. The van der Waals surface area contributed by atoms with Crippen LogP contribution in [0.1, 0.15) is 252 Å². The zero-order valence-electron chi connectivity index (χ0n) is 50.6. The van der Waals surface area contributed by atoms with E-state index in [4.69, 9.17) is 14.2 Å². The van der Waals surface area contributed by atoms with Crippen LogP contribution in [-0.4, -0.2) is 37.2 Å². The summed E-state index contributed by atoms with van der Waals surface area (Å²) in [5.41, 5.74) is 0. The zero-order valence-corrected chi connectivity index (χ0v) is 50.6.